The minimum atomic E-state index is -0.798. The lowest BCUT2D eigenvalue weighted by Crippen LogP contribution is -2.35. The highest BCUT2D eigenvalue weighted by Crippen LogP contribution is 2.15. The number of carboxylic acid groups (broad SMARTS) is 1. The van der Waals surface area contributed by atoms with Gasteiger partial charge >= 0.3 is 5.97 Å². The van der Waals surface area contributed by atoms with Gasteiger partial charge in [-0.3, -0.25) is 9.69 Å². The minimum absolute atomic E-state index is 0.0537. The fourth-order valence-electron chi connectivity index (χ4n) is 1.95. The summed E-state index contributed by atoms with van der Waals surface area (Å²) in [5.74, 6) is 0.0420. The van der Waals surface area contributed by atoms with E-state index >= 15 is 0 Å². The van der Waals surface area contributed by atoms with Crippen LogP contribution < -0.4 is 4.74 Å². The largest absolute Gasteiger partial charge is 0.491 e. The van der Waals surface area contributed by atoms with Crippen LogP contribution in [0.2, 0.25) is 0 Å². The molecule has 118 valence electrons. The van der Waals surface area contributed by atoms with Gasteiger partial charge < -0.3 is 14.7 Å². The molecular weight excluding hydrogens is 268 g/mol. The second kappa shape index (κ2) is 8.64. The lowest BCUT2D eigenvalue weighted by Gasteiger charge is -2.22. The van der Waals surface area contributed by atoms with Crippen molar-refractivity contribution in [2.24, 2.45) is 0 Å². The molecule has 0 aliphatic carbocycles. The van der Waals surface area contributed by atoms with Gasteiger partial charge in [0.15, 0.2) is 0 Å². The molecule has 0 saturated heterocycles. The number of carboxylic acids is 1. The van der Waals surface area contributed by atoms with E-state index in [2.05, 4.69) is 4.90 Å². The first kappa shape index (κ1) is 17.5. The number of rotatable bonds is 9. The fraction of sp³-hybridized carbons (Fsp3) is 0.562. The third kappa shape index (κ3) is 7.68. The molecule has 0 spiro atoms. The Morgan fingerprint density at radius 1 is 1.19 bits per heavy atom. The van der Waals surface area contributed by atoms with E-state index in [1.54, 1.807) is 0 Å². The maximum absolute atomic E-state index is 10.9. The molecule has 0 amide bonds. The van der Waals surface area contributed by atoms with Crippen molar-refractivity contribution in [3.63, 3.8) is 0 Å². The van der Waals surface area contributed by atoms with Crippen LogP contribution in [0.4, 0.5) is 0 Å². The Labute approximate surface area is 127 Å². The maximum atomic E-state index is 10.9. The molecule has 1 aromatic carbocycles. The summed E-state index contributed by atoms with van der Waals surface area (Å²) in [4.78, 5) is 14.9. The average Bonchev–Trinajstić information content (AvgIpc) is 2.37. The van der Waals surface area contributed by atoms with Gasteiger partial charge in [0.1, 0.15) is 5.75 Å². The fourth-order valence-corrected chi connectivity index (χ4v) is 1.95. The van der Waals surface area contributed by atoms with Crippen molar-refractivity contribution in [3.8, 4) is 5.75 Å². The molecule has 21 heavy (non-hydrogen) atoms. The van der Waals surface area contributed by atoms with Gasteiger partial charge in [0.25, 0.3) is 0 Å². The summed E-state index contributed by atoms with van der Waals surface area (Å²) in [6, 6.07) is 7.84. The van der Waals surface area contributed by atoms with Crippen LogP contribution >= 0.6 is 0 Å². The number of ether oxygens (including phenoxy) is 1. The van der Waals surface area contributed by atoms with Crippen molar-refractivity contribution in [2.75, 3.05) is 33.7 Å². The van der Waals surface area contributed by atoms with Crippen LogP contribution in [0.15, 0.2) is 24.3 Å². The molecule has 0 aliphatic heterocycles. The van der Waals surface area contributed by atoms with Crippen molar-refractivity contribution in [2.45, 2.75) is 26.5 Å². The zero-order chi connectivity index (χ0) is 15.8. The molecule has 0 unspecified atom stereocenters. The highest BCUT2D eigenvalue weighted by atomic mass is 16.5. The molecule has 0 fully saturated rings. The Morgan fingerprint density at radius 3 is 2.29 bits per heavy atom. The average molecular weight is 294 g/mol. The lowest BCUT2D eigenvalue weighted by molar-refractivity contribution is -0.138. The van der Waals surface area contributed by atoms with Crippen molar-refractivity contribution >= 4 is 5.97 Å². The van der Waals surface area contributed by atoms with Gasteiger partial charge in [-0.15, -0.1) is 0 Å². The summed E-state index contributed by atoms with van der Waals surface area (Å²) in [6.45, 7) is 6.22. The van der Waals surface area contributed by atoms with Crippen LogP contribution in [0.25, 0.3) is 0 Å². The first-order valence-electron chi connectivity index (χ1n) is 7.21. The van der Waals surface area contributed by atoms with Gasteiger partial charge in [-0.2, -0.15) is 0 Å². The zero-order valence-corrected chi connectivity index (χ0v) is 13.4. The van der Waals surface area contributed by atoms with Gasteiger partial charge in [0.2, 0.25) is 0 Å². The number of aliphatic carboxylic acids is 1. The number of nitrogens with zero attached hydrogens (tertiary/aromatic N) is 2. The molecule has 5 nitrogen and oxygen atoms in total. The lowest BCUT2D eigenvalue weighted by atomic mass is 10.2. The summed E-state index contributed by atoms with van der Waals surface area (Å²) >= 11 is 0. The summed E-state index contributed by atoms with van der Waals surface area (Å²) in [7, 11) is 3.97. The summed E-state index contributed by atoms with van der Waals surface area (Å²) < 4.78 is 5.60. The predicted molar refractivity (Wildman–Crippen MR) is 83.7 cm³/mol. The van der Waals surface area contributed by atoms with E-state index in [9.17, 15) is 4.79 Å². The molecule has 1 N–H and O–H groups in total. The Balaban J connectivity index is 2.62. The molecule has 5 heteroatoms. The highest BCUT2D eigenvalue weighted by molar-refractivity contribution is 5.69. The Hall–Kier alpha value is -1.59. The monoisotopic (exact) mass is 294 g/mol. The third-order valence-corrected chi connectivity index (χ3v) is 2.92. The molecule has 0 aromatic heterocycles. The van der Waals surface area contributed by atoms with Crippen LogP contribution in [-0.2, 0) is 11.3 Å². The molecule has 0 radical (unpaired) electrons. The molecule has 0 atom stereocenters. The second-order valence-corrected chi connectivity index (χ2v) is 5.72. The molecule has 0 saturated carbocycles. The summed E-state index contributed by atoms with van der Waals surface area (Å²) in [5, 5.41) is 9.00. The maximum Gasteiger partial charge on any atom is 0.317 e. The quantitative estimate of drug-likeness (QED) is 0.754. The van der Waals surface area contributed by atoms with Crippen LogP contribution in [0.3, 0.4) is 0 Å². The van der Waals surface area contributed by atoms with E-state index in [4.69, 9.17) is 9.84 Å². The second-order valence-electron chi connectivity index (χ2n) is 5.72. The zero-order valence-electron chi connectivity index (χ0n) is 13.4. The number of likely N-dealkylation sites (N-methyl/N-ethyl adjacent to an activating group) is 1. The summed E-state index contributed by atoms with van der Waals surface area (Å²) in [6.07, 6.45) is 0.152. The van der Waals surface area contributed by atoms with E-state index in [0.717, 1.165) is 24.4 Å². The van der Waals surface area contributed by atoms with E-state index in [0.29, 0.717) is 6.54 Å². The van der Waals surface area contributed by atoms with Gasteiger partial charge in [0.05, 0.1) is 12.6 Å². The van der Waals surface area contributed by atoms with Crippen LogP contribution in [0.1, 0.15) is 19.4 Å². The van der Waals surface area contributed by atoms with Crippen LogP contribution in [0, 0.1) is 0 Å². The number of hydrogen-bond donors (Lipinski definition) is 1. The van der Waals surface area contributed by atoms with E-state index < -0.39 is 5.97 Å². The van der Waals surface area contributed by atoms with Crippen molar-refractivity contribution in [1.29, 1.82) is 0 Å². The Kier molecular flexibility index (Phi) is 7.19. The highest BCUT2D eigenvalue weighted by Gasteiger charge is 2.11. The molecule has 0 aliphatic rings. The van der Waals surface area contributed by atoms with Gasteiger partial charge in [-0.05, 0) is 45.6 Å². The molecule has 0 heterocycles. The number of benzene rings is 1. The van der Waals surface area contributed by atoms with Crippen molar-refractivity contribution in [1.82, 2.24) is 9.80 Å². The SMILES string of the molecule is CC(C)Oc1ccc(CN(CCN(C)C)CC(=O)O)cc1. The van der Waals surface area contributed by atoms with E-state index in [1.165, 1.54) is 0 Å². The molecule has 1 rings (SSSR count). The van der Waals surface area contributed by atoms with Gasteiger partial charge in [0, 0.05) is 19.6 Å². The van der Waals surface area contributed by atoms with Crippen LogP contribution in [0.5, 0.6) is 5.75 Å². The normalized spacial score (nSPS) is 11.4. The van der Waals surface area contributed by atoms with Crippen LogP contribution in [-0.4, -0.2) is 60.7 Å². The number of hydrogen-bond acceptors (Lipinski definition) is 4. The van der Waals surface area contributed by atoms with E-state index in [1.807, 2.05) is 57.1 Å². The smallest absolute Gasteiger partial charge is 0.317 e. The molecule has 1 aromatic rings. The van der Waals surface area contributed by atoms with Gasteiger partial charge in [-0.1, -0.05) is 12.1 Å². The van der Waals surface area contributed by atoms with Crippen molar-refractivity contribution < 1.29 is 14.6 Å². The first-order valence-corrected chi connectivity index (χ1v) is 7.21. The topological polar surface area (TPSA) is 53.0 Å². The third-order valence-electron chi connectivity index (χ3n) is 2.92. The molecular formula is C16H26N2O3. The predicted octanol–water partition coefficient (Wildman–Crippen LogP) is 1.92. The summed E-state index contributed by atoms with van der Waals surface area (Å²) in [5.41, 5.74) is 1.09. The minimum Gasteiger partial charge on any atom is -0.491 e. The number of carbonyl (C=O) groups is 1. The molecule has 0 bridgehead atoms. The van der Waals surface area contributed by atoms with E-state index in [-0.39, 0.29) is 12.6 Å². The Morgan fingerprint density at radius 2 is 1.81 bits per heavy atom. The van der Waals surface area contributed by atoms with Crippen molar-refractivity contribution in [3.05, 3.63) is 29.8 Å². The standard InChI is InChI=1S/C16H26N2O3/c1-13(2)21-15-7-5-14(6-8-15)11-18(12-16(19)20)10-9-17(3)4/h5-8,13H,9-12H2,1-4H3,(H,19,20). The van der Waals surface area contributed by atoms with Gasteiger partial charge in [-0.25, -0.2) is 0 Å². The Bertz CT molecular complexity index is 430. The first-order chi connectivity index (χ1) is 9.86.